The summed E-state index contributed by atoms with van der Waals surface area (Å²) in [5, 5.41) is 4.21. The van der Waals surface area contributed by atoms with Crippen molar-refractivity contribution < 1.29 is 9.53 Å². The zero-order valence-corrected chi connectivity index (χ0v) is 12.2. The Balaban J connectivity index is 2.02. The van der Waals surface area contributed by atoms with Crippen LogP contribution in [0.15, 0.2) is 42.7 Å². The van der Waals surface area contributed by atoms with Crippen LogP contribution < -0.4 is 0 Å². The van der Waals surface area contributed by atoms with Gasteiger partial charge in [0.2, 0.25) is 0 Å². The average molecular weight is 291 g/mol. The highest BCUT2D eigenvalue weighted by Crippen LogP contribution is 2.11. The molecule has 0 spiro atoms. The summed E-state index contributed by atoms with van der Waals surface area (Å²) in [6.07, 6.45) is 3.36. The van der Waals surface area contributed by atoms with E-state index in [-0.39, 0.29) is 5.97 Å². The van der Waals surface area contributed by atoms with Gasteiger partial charge in [0.15, 0.2) is 5.65 Å². The zero-order chi connectivity index (χ0) is 15.5. The van der Waals surface area contributed by atoms with Crippen LogP contribution in [0.1, 0.15) is 27.2 Å². The Morgan fingerprint density at radius 2 is 2.14 bits per heavy atom. The quantitative estimate of drug-likeness (QED) is 0.509. The predicted molar refractivity (Wildman–Crippen MR) is 81.5 cm³/mol. The molecule has 108 valence electrons. The number of hydrogen-bond acceptors (Lipinski definition) is 4. The second kappa shape index (κ2) is 5.70. The van der Waals surface area contributed by atoms with Gasteiger partial charge in [0.25, 0.3) is 0 Å². The van der Waals surface area contributed by atoms with E-state index in [9.17, 15) is 4.79 Å². The van der Waals surface area contributed by atoms with Gasteiger partial charge < -0.3 is 4.74 Å². The second-order valence-electron chi connectivity index (χ2n) is 4.71. The normalized spacial score (nSPS) is 10.1. The van der Waals surface area contributed by atoms with E-state index in [1.165, 1.54) is 7.11 Å². The molecule has 0 fully saturated rings. The first-order valence-corrected chi connectivity index (χ1v) is 6.69. The van der Waals surface area contributed by atoms with Crippen LogP contribution in [0.2, 0.25) is 0 Å². The van der Waals surface area contributed by atoms with Gasteiger partial charge in [0, 0.05) is 11.8 Å². The van der Waals surface area contributed by atoms with E-state index in [4.69, 9.17) is 4.74 Å². The summed E-state index contributed by atoms with van der Waals surface area (Å²) in [5.74, 6) is 5.74. The van der Waals surface area contributed by atoms with Crippen LogP contribution in [0.4, 0.5) is 0 Å². The number of methoxy groups -OCH3 is 1. The molecule has 0 aliphatic rings. The molecule has 5 nitrogen and oxygen atoms in total. The number of carbonyl (C=O) groups is 1. The number of aryl methyl sites for hydroxylation is 1. The van der Waals surface area contributed by atoms with E-state index in [0.29, 0.717) is 11.3 Å². The molecule has 3 aromatic rings. The number of hydrogen-bond donors (Lipinski definition) is 0. The van der Waals surface area contributed by atoms with Gasteiger partial charge in [-0.05, 0) is 42.7 Å². The van der Waals surface area contributed by atoms with Gasteiger partial charge in [-0.25, -0.2) is 14.3 Å². The minimum Gasteiger partial charge on any atom is -0.465 e. The number of fused-ring (bicyclic) bond motifs is 1. The molecule has 0 unspecified atom stereocenters. The maximum absolute atomic E-state index is 11.6. The average Bonchev–Trinajstić information content (AvgIpc) is 2.96. The Kier molecular flexibility index (Phi) is 3.58. The highest BCUT2D eigenvalue weighted by atomic mass is 16.5. The molecular weight excluding hydrogens is 278 g/mol. The maximum atomic E-state index is 11.6. The molecule has 0 radical (unpaired) electrons. The molecular formula is C17H13N3O2. The molecule has 3 rings (SSSR count). The van der Waals surface area contributed by atoms with Crippen molar-refractivity contribution in [3.8, 4) is 11.8 Å². The van der Waals surface area contributed by atoms with E-state index in [1.54, 1.807) is 29.0 Å². The lowest BCUT2D eigenvalue weighted by atomic mass is 10.1. The SMILES string of the molecule is COC(=O)c1ccc(C)c(C#Cc2cnc3cccnn23)c1. The van der Waals surface area contributed by atoms with Crippen LogP contribution in [0, 0.1) is 18.8 Å². The third kappa shape index (κ3) is 2.54. The smallest absolute Gasteiger partial charge is 0.337 e. The molecule has 0 amide bonds. The van der Waals surface area contributed by atoms with Gasteiger partial charge in [0.1, 0.15) is 5.69 Å². The molecule has 0 aliphatic heterocycles. The van der Waals surface area contributed by atoms with Crippen molar-refractivity contribution in [1.82, 2.24) is 14.6 Å². The van der Waals surface area contributed by atoms with E-state index in [1.807, 2.05) is 25.1 Å². The summed E-state index contributed by atoms with van der Waals surface area (Å²) in [6, 6.07) is 8.99. The lowest BCUT2D eigenvalue weighted by Crippen LogP contribution is -2.01. The number of aromatic nitrogens is 3. The first-order valence-electron chi connectivity index (χ1n) is 6.69. The Hall–Kier alpha value is -3.13. The Morgan fingerprint density at radius 1 is 1.27 bits per heavy atom. The number of ether oxygens (including phenoxy) is 1. The lowest BCUT2D eigenvalue weighted by molar-refractivity contribution is 0.0600. The van der Waals surface area contributed by atoms with Crippen LogP contribution in [0.25, 0.3) is 5.65 Å². The summed E-state index contributed by atoms with van der Waals surface area (Å²) < 4.78 is 6.40. The van der Waals surface area contributed by atoms with Gasteiger partial charge in [0.05, 0.1) is 18.9 Å². The van der Waals surface area contributed by atoms with E-state index in [2.05, 4.69) is 21.9 Å². The summed E-state index contributed by atoms with van der Waals surface area (Å²) in [7, 11) is 1.36. The number of imidazole rings is 1. The van der Waals surface area contributed by atoms with Crippen LogP contribution in [-0.2, 0) is 4.74 Å². The van der Waals surface area contributed by atoms with E-state index < -0.39 is 0 Å². The largest absolute Gasteiger partial charge is 0.465 e. The fourth-order valence-electron chi connectivity index (χ4n) is 2.05. The number of esters is 1. The molecule has 0 saturated carbocycles. The Morgan fingerprint density at radius 3 is 2.95 bits per heavy atom. The van der Waals surface area contributed by atoms with Crippen LogP contribution in [0.3, 0.4) is 0 Å². The van der Waals surface area contributed by atoms with Crippen LogP contribution >= 0.6 is 0 Å². The lowest BCUT2D eigenvalue weighted by Gasteiger charge is -2.02. The molecule has 0 bridgehead atoms. The van der Waals surface area contributed by atoms with Gasteiger partial charge >= 0.3 is 5.97 Å². The summed E-state index contributed by atoms with van der Waals surface area (Å²) in [4.78, 5) is 15.8. The zero-order valence-electron chi connectivity index (χ0n) is 12.2. The van der Waals surface area contributed by atoms with Gasteiger partial charge in [-0.1, -0.05) is 12.0 Å². The summed E-state index contributed by atoms with van der Waals surface area (Å²) >= 11 is 0. The van der Waals surface area contributed by atoms with Crippen molar-refractivity contribution in [1.29, 1.82) is 0 Å². The fraction of sp³-hybridized carbons (Fsp3) is 0.118. The topological polar surface area (TPSA) is 56.5 Å². The summed E-state index contributed by atoms with van der Waals surface area (Å²) in [6.45, 7) is 1.94. The first-order chi connectivity index (χ1) is 10.7. The standard InChI is InChI=1S/C17H13N3O2/c1-12-5-6-14(17(21)22-2)10-13(12)7-8-15-11-18-16-4-3-9-19-20(15)16/h3-6,9-11H,1-2H3. The van der Waals surface area contributed by atoms with Crippen molar-refractivity contribution >= 4 is 11.6 Å². The third-order valence-corrected chi connectivity index (χ3v) is 3.26. The minimum atomic E-state index is -0.375. The van der Waals surface area contributed by atoms with Crippen molar-refractivity contribution in [2.45, 2.75) is 6.92 Å². The molecule has 0 aliphatic carbocycles. The molecule has 1 aromatic carbocycles. The van der Waals surface area contributed by atoms with Crippen molar-refractivity contribution in [2.24, 2.45) is 0 Å². The highest BCUT2D eigenvalue weighted by molar-refractivity contribution is 5.89. The van der Waals surface area contributed by atoms with Crippen LogP contribution in [0.5, 0.6) is 0 Å². The van der Waals surface area contributed by atoms with E-state index in [0.717, 1.165) is 16.8 Å². The Bertz CT molecular complexity index is 916. The number of nitrogens with zero attached hydrogens (tertiary/aromatic N) is 3. The molecule has 5 heteroatoms. The molecule has 0 atom stereocenters. The highest BCUT2D eigenvalue weighted by Gasteiger charge is 2.07. The Labute approximate surface area is 127 Å². The molecule has 0 N–H and O–H groups in total. The summed E-state index contributed by atoms with van der Waals surface area (Å²) in [5.41, 5.74) is 3.68. The predicted octanol–water partition coefficient (Wildman–Crippen LogP) is 2.22. The van der Waals surface area contributed by atoms with Crippen molar-refractivity contribution in [3.63, 3.8) is 0 Å². The van der Waals surface area contributed by atoms with Crippen molar-refractivity contribution in [2.75, 3.05) is 7.11 Å². The molecule has 22 heavy (non-hydrogen) atoms. The van der Waals surface area contributed by atoms with Crippen molar-refractivity contribution in [3.05, 3.63) is 65.1 Å². The monoisotopic (exact) mass is 291 g/mol. The second-order valence-corrected chi connectivity index (χ2v) is 4.71. The van der Waals surface area contributed by atoms with Gasteiger partial charge in [-0.2, -0.15) is 5.10 Å². The van der Waals surface area contributed by atoms with Gasteiger partial charge in [-0.3, -0.25) is 0 Å². The third-order valence-electron chi connectivity index (χ3n) is 3.26. The first kappa shape index (κ1) is 13.8. The molecule has 2 aromatic heterocycles. The van der Waals surface area contributed by atoms with E-state index >= 15 is 0 Å². The fourth-order valence-corrected chi connectivity index (χ4v) is 2.05. The number of benzene rings is 1. The minimum absolute atomic E-state index is 0.375. The molecule has 2 heterocycles. The number of carbonyl (C=O) groups excluding carboxylic acids is 1. The van der Waals surface area contributed by atoms with Gasteiger partial charge in [-0.15, -0.1) is 0 Å². The van der Waals surface area contributed by atoms with Crippen LogP contribution in [-0.4, -0.2) is 27.7 Å². The molecule has 0 saturated heterocycles. The maximum Gasteiger partial charge on any atom is 0.337 e. The number of rotatable bonds is 1.